The van der Waals surface area contributed by atoms with Gasteiger partial charge >= 0.3 is 0 Å². The van der Waals surface area contributed by atoms with Gasteiger partial charge in [-0.1, -0.05) is 30.1 Å². The van der Waals surface area contributed by atoms with Gasteiger partial charge in [-0.15, -0.1) is 0 Å². The van der Waals surface area contributed by atoms with Crippen molar-refractivity contribution in [2.45, 2.75) is 32.9 Å². The molecule has 0 saturated carbocycles. The van der Waals surface area contributed by atoms with E-state index in [9.17, 15) is 0 Å². The van der Waals surface area contributed by atoms with Crippen molar-refractivity contribution < 1.29 is 0 Å². The molecule has 1 heterocycles. The van der Waals surface area contributed by atoms with Crippen LogP contribution in [-0.4, -0.2) is 23.0 Å². The molecule has 0 radical (unpaired) electrons. The Hall–Kier alpha value is -0.310. The largest absolute Gasteiger partial charge is 0.299 e. The molecule has 1 rings (SSSR count). The minimum atomic E-state index is 0.440. The topological polar surface area (TPSA) is 16.1 Å². The summed E-state index contributed by atoms with van der Waals surface area (Å²) in [5, 5.41) is 1.13. The van der Waals surface area contributed by atoms with E-state index in [2.05, 4.69) is 30.8 Å². The highest BCUT2D eigenvalue weighted by atomic mass is 35.5. The van der Waals surface area contributed by atoms with E-state index in [0.717, 1.165) is 18.5 Å². The molecular weight excluding hydrogens is 231 g/mol. The van der Waals surface area contributed by atoms with E-state index in [0.29, 0.717) is 16.2 Å². The van der Waals surface area contributed by atoms with E-state index < -0.39 is 0 Å². The summed E-state index contributed by atoms with van der Waals surface area (Å²) in [6, 6.07) is 2.22. The zero-order valence-electron chi connectivity index (χ0n) is 9.30. The average Bonchev–Trinajstić information content (AvgIpc) is 2.20. The maximum absolute atomic E-state index is 6.07. The summed E-state index contributed by atoms with van der Waals surface area (Å²) >= 11 is 11.8. The van der Waals surface area contributed by atoms with Gasteiger partial charge in [0.25, 0.3) is 0 Å². The molecule has 1 aromatic heterocycles. The molecule has 84 valence electrons. The summed E-state index contributed by atoms with van der Waals surface area (Å²) in [5.74, 6) is 0. The van der Waals surface area contributed by atoms with Crippen molar-refractivity contribution in [3.8, 4) is 0 Å². The van der Waals surface area contributed by atoms with E-state index in [1.54, 1.807) is 12.3 Å². The van der Waals surface area contributed by atoms with E-state index in [1.165, 1.54) is 0 Å². The predicted octanol–water partition coefficient (Wildman–Crippen LogP) is 3.62. The predicted molar refractivity (Wildman–Crippen MR) is 65.5 cm³/mol. The van der Waals surface area contributed by atoms with Crippen LogP contribution in [0.15, 0.2) is 12.3 Å². The molecule has 1 unspecified atom stereocenters. The normalized spacial score (nSPS) is 13.2. The van der Waals surface area contributed by atoms with Gasteiger partial charge in [0.2, 0.25) is 0 Å². The van der Waals surface area contributed by atoms with Crippen molar-refractivity contribution in [2.75, 3.05) is 7.05 Å². The molecule has 0 aliphatic carbocycles. The Balaban J connectivity index is 2.72. The molecule has 4 heteroatoms. The van der Waals surface area contributed by atoms with Gasteiger partial charge in [-0.3, -0.25) is 4.90 Å². The highest BCUT2D eigenvalue weighted by molar-refractivity contribution is 6.34. The van der Waals surface area contributed by atoms with E-state index in [-0.39, 0.29) is 0 Å². The van der Waals surface area contributed by atoms with E-state index in [1.807, 2.05) is 0 Å². The van der Waals surface area contributed by atoms with Crippen molar-refractivity contribution >= 4 is 23.2 Å². The zero-order chi connectivity index (χ0) is 11.4. The number of halogens is 2. The van der Waals surface area contributed by atoms with Crippen LogP contribution in [-0.2, 0) is 6.54 Å². The van der Waals surface area contributed by atoms with Gasteiger partial charge in [0.1, 0.15) is 5.15 Å². The molecule has 0 amide bonds. The zero-order valence-corrected chi connectivity index (χ0v) is 10.8. The summed E-state index contributed by atoms with van der Waals surface area (Å²) in [5.41, 5.74) is 1.02. The number of hydrogen-bond acceptors (Lipinski definition) is 2. The molecule has 1 atom stereocenters. The van der Waals surface area contributed by atoms with Crippen LogP contribution < -0.4 is 0 Å². The molecule has 1 aromatic rings. The monoisotopic (exact) mass is 246 g/mol. The average molecular weight is 247 g/mol. The molecule has 0 aromatic carbocycles. The maximum atomic E-state index is 6.07. The first kappa shape index (κ1) is 12.8. The third-order valence-corrected chi connectivity index (χ3v) is 3.22. The highest BCUT2D eigenvalue weighted by Gasteiger charge is 2.10. The lowest BCUT2D eigenvalue weighted by molar-refractivity contribution is 0.243. The minimum absolute atomic E-state index is 0.440. The first-order chi connectivity index (χ1) is 7.04. The fraction of sp³-hybridized carbons (Fsp3) is 0.545. The molecule has 0 aliphatic rings. The van der Waals surface area contributed by atoms with Gasteiger partial charge in [-0.25, -0.2) is 4.98 Å². The van der Waals surface area contributed by atoms with Gasteiger partial charge in [0, 0.05) is 29.4 Å². The Labute approximate surface area is 101 Å². The molecule has 0 bridgehead atoms. The molecule has 0 N–H and O–H groups in total. The number of pyridine rings is 1. The summed E-state index contributed by atoms with van der Waals surface area (Å²) in [6.45, 7) is 5.16. The Morgan fingerprint density at radius 3 is 2.67 bits per heavy atom. The lowest BCUT2D eigenvalue weighted by Gasteiger charge is -2.23. The molecule has 2 nitrogen and oxygen atoms in total. The maximum Gasteiger partial charge on any atom is 0.130 e. The van der Waals surface area contributed by atoms with Gasteiger partial charge in [-0.05, 0) is 26.5 Å². The van der Waals surface area contributed by atoms with Crippen LogP contribution in [0, 0.1) is 0 Å². The third kappa shape index (κ3) is 3.63. The standard InChI is InChI=1S/C11H16Cl2N2/c1-4-8(2)15(3)7-9-6-14-11(13)5-10(9)12/h5-6,8H,4,7H2,1-3H3. The Morgan fingerprint density at radius 2 is 2.13 bits per heavy atom. The Kier molecular flexibility index (Phi) is 4.84. The second-order valence-corrected chi connectivity index (χ2v) is 4.57. The summed E-state index contributed by atoms with van der Waals surface area (Å²) in [6.07, 6.45) is 2.86. The Bertz CT molecular complexity index is 328. The SMILES string of the molecule is CCC(C)N(C)Cc1cnc(Cl)cc1Cl. The van der Waals surface area contributed by atoms with Crippen LogP contribution in [0.25, 0.3) is 0 Å². The van der Waals surface area contributed by atoms with Crippen molar-refractivity contribution in [1.29, 1.82) is 0 Å². The fourth-order valence-corrected chi connectivity index (χ4v) is 1.71. The van der Waals surface area contributed by atoms with Gasteiger partial charge in [0.05, 0.1) is 0 Å². The van der Waals surface area contributed by atoms with Crippen LogP contribution in [0.3, 0.4) is 0 Å². The van der Waals surface area contributed by atoms with Gasteiger partial charge in [0.15, 0.2) is 0 Å². The summed E-state index contributed by atoms with van der Waals surface area (Å²) in [4.78, 5) is 6.28. The number of nitrogens with zero attached hydrogens (tertiary/aromatic N) is 2. The third-order valence-electron chi connectivity index (χ3n) is 2.66. The smallest absolute Gasteiger partial charge is 0.130 e. The van der Waals surface area contributed by atoms with Crippen LogP contribution in [0.2, 0.25) is 10.2 Å². The molecule has 0 spiro atoms. The van der Waals surface area contributed by atoms with Gasteiger partial charge < -0.3 is 0 Å². The number of hydrogen-bond donors (Lipinski definition) is 0. The fourth-order valence-electron chi connectivity index (χ4n) is 1.29. The van der Waals surface area contributed by atoms with Crippen molar-refractivity contribution in [2.24, 2.45) is 0 Å². The van der Waals surface area contributed by atoms with Crippen LogP contribution >= 0.6 is 23.2 Å². The summed E-state index contributed by atoms with van der Waals surface area (Å²) in [7, 11) is 2.08. The molecule has 0 aliphatic heterocycles. The minimum Gasteiger partial charge on any atom is -0.299 e. The van der Waals surface area contributed by atoms with Gasteiger partial charge in [-0.2, -0.15) is 0 Å². The van der Waals surface area contributed by atoms with Crippen LogP contribution in [0.5, 0.6) is 0 Å². The second-order valence-electron chi connectivity index (χ2n) is 3.77. The summed E-state index contributed by atoms with van der Waals surface area (Å²) < 4.78 is 0. The van der Waals surface area contributed by atoms with Crippen molar-refractivity contribution in [1.82, 2.24) is 9.88 Å². The number of rotatable bonds is 4. The van der Waals surface area contributed by atoms with Crippen molar-refractivity contribution in [3.63, 3.8) is 0 Å². The second kappa shape index (κ2) is 5.69. The lowest BCUT2D eigenvalue weighted by Crippen LogP contribution is -2.27. The van der Waals surface area contributed by atoms with Crippen LogP contribution in [0.1, 0.15) is 25.8 Å². The van der Waals surface area contributed by atoms with E-state index >= 15 is 0 Å². The molecular formula is C11H16Cl2N2. The quantitative estimate of drug-likeness (QED) is 0.755. The molecule has 0 fully saturated rings. The van der Waals surface area contributed by atoms with Crippen LogP contribution in [0.4, 0.5) is 0 Å². The molecule has 0 saturated heterocycles. The van der Waals surface area contributed by atoms with Crippen molar-refractivity contribution in [3.05, 3.63) is 28.0 Å². The molecule has 15 heavy (non-hydrogen) atoms. The first-order valence-corrected chi connectivity index (χ1v) is 5.80. The first-order valence-electron chi connectivity index (χ1n) is 5.04. The Morgan fingerprint density at radius 1 is 1.47 bits per heavy atom. The number of aromatic nitrogens is 1. The lowest BCUT2D eigenvalue weighted by atomic mass is 10.2. The van der Waals surface area contributed by atoms with E-state index in [4.69, 9.17) is 23.2 Å². The highest BCUT2D eigenvalue weighted by Crippen LogP contribution is 2.20.